The zero-order chi connectivity index (χ0) is 14.2. The number of nitrogens with zero attached hydrogens (tertiary/aromatic N) is 2. The molecule has 4 heteroatoms. The van der Waals surface area contributed by atoms with Gasteiger partial charge in [0.05, 0.1) is 12.7 Å². The maximum absolute atomic E-state index is 6.01. The highest BCUT2D eigenvalue weighted by Crippen LogP contribution is 2.13. The summed E-state index contributed by atoms with van der Waals surface area (Å²) in [5.41, 5.74) is 1.13. The maximum atomic E-state index is 6.01. The maximum Gasteiger partial charge on any atom is 0.0859 e. The van der Waals surface area contributed by atoms with Gasteiger partial charge in [-0.2, -0.15) is 0 Å². The van der Waals surface area contributed by atoms with Crippen molar-refractivity contribution in [2.45, 2.75) is 38.8 Å². The number of nitrogens with one attached hydrogen (secondary N) is 1. The molecule has 2 rings (SSSR count). The number of rotatable bonds is 7. The fraction of sp³-hybridized carbons (Fsp3) is 0.688. The third kappa shape index (κ3) is 4.54. The molecular weight excluding hydrogens is 250 g/mol. The minimum Gasteiger partial charge on any atom is -0.374 e. The number of morpholine rings is 1. The van der Waals surface area contributed by atoms with E-state index in [0.717, 1.165) is 38.4 Å². The molecule has 20 heavy (non-hydrogen) atoms. The van der Waals surface area contributed by atoms with Crippen molar-refractivity contribution in [3.63, 3.8) is 0 Å². The number of hydrogen-bond donors (Lipinski definition) is 1. The van der Waals surface area contributed by atoms with Gasteiger partial charge in [-0.25, -0.2) is 0 Å². The van der Waals surface area contributed by atoms with Crippen molar-refractivity contribution < 1.29 is 4.74 Å². The third-order valence-electron chi connectivity index (χ3n) is 3.79. The molecule has 2 unspecified atom stereocenters. The Morgan fingerprint density at radius 3 is 3.05 bits per heavy atom. The summed E-state index contributed by atoms with van der Waals surface area (Å²) in [7, 11) is 0. The number of likely N-dealkylation sites (N-methyl/N-ethyl adjacent to an activating group) is 1. The zero-order valence-corrected chi connectivity index (χ0v) is 12.7. The van der Waals surface area contributed by atoms with Crippen molar-refractivity contribution in [1.82, 2.24) is 15.2 Å². The lowest BCUT2D eigenvalue weighted by atomic mass is 10.0. The molecule has 0 bridgehead atoms. The van der Waals surface area contributed by atoms with Gasteiger partial charge in [-0.05, 0) is 31.6 Å². The van der Waals surface area contributed by atoms with Crippen molar-refractivity contribution in [2.75, 3.05) is 32.8 Å². The first-order chi connectivity index (χ1) is 9.83. The van der Waals surface area contributed by atoms with Gasteiger partial charge in [0.2, 0.25) is 0 Å². The van der Waals surface area contributed by atoms with Crippen LogP contribution in [0.15, 0.2) is 24.4 Å². The summed E-state index contributed by atoms with van der Waals surface area (Å²) >= 11 is 0. The predicted molar refractivity (Wildman–Crippen MR) is 81.9 cm³/mol. The highest BCUT2D eigenvalue weighted by molar-refractivity contribution is 5.06. The van der Waals surface area contributed by atoms with Crippen LogP contribution in [0.1, 0.15) is 26.0 Å². The van der Waals surface area contributed by atoms with E-state index in [1.165, 1.54) is 13.0 Å². The smallest absolute Gasteiger partial charge is 0.0859 e. The van der Waals surface area contributed by atoms with Gasteiger partial charge in [0, 0.05) is 37.4 Å². The largest absolute Gasteiger partial charge is 0.374 e. The number of ether oxygens (including phenoxy) is 1. The van der Waals surface area contributed by atoms with Crippen LogP contribution in [0.2, 0.25) is 0 Å². The van der Waals surface area contributed by atoms with Gasteiger partial charge in [-0.3, -0.25) is 9.88 Å². The third-order valence-corrected chi connectivity index (χ3v) is 3.79. The lowest BCUT2D eigenvalue weighted by Crippen LogP contribution is -2.53. The van der Waals surface area contributed by atoms with Gasteiger partial charge < -0.3 is 10.1 Å². The van der Waals surface area contributed by atoms with Crippen LogP contribution < -0.4 is 5.32 Å². The minimum atomic E-state index is 0.261. The summed E-state index contributed by atoms with van der Waals surface area (Å²) in [6, 6.07) is 6.45. The molecule has 2 atom stereocenters. The van der Waals surface area contributed by atoms with E-state index < -0.39 is 0 Å². The Morgan fingerprint density at radius 1 is 1.45 bits per heavy atom. The molecule has 112 valence electrons. The van der Waals surface area contributed by atoms with Crippen LogP contribution in [0.5, 0.6) is 0 Å². The molecule has 0 radical (unpaired) electrons. The van der Waals surface area contributed by atoms with Crippen LogP contribution in [0.25, 0.3) is 0 Å². The van der Waals surface area contributed by atoms with Crippen molar-refractivity contribution in [1.29, 1.82) is 0 Å². The van der Waals surface area contributed by atoms with E-state index in [1.54, 1.807) is 0 Å². The first kappa shape index (κ1) is 15.4. The summed E-state index contributed by atoms with van der Waals surface area (Å²) in [5.74, 6) is 0. The van der Waals surface area contributed by atoms with E-state index in [-0.39, 0.29) is 6.10 Å². The highest BCUT2D eigenvalue weighted by Gasteiger charge is 2.27. The Morgan fingerprint density at radius 2 is 2.35 bits per heavy atom. The quantitative estimate of drug-likeness (QED) is 0.823. The molecular formula is C16H27N3O. The van der Waals surface area contributed by atoms with Crippen LogP contribution in [0, 0.1) is 0 Å². The number of pyridine rings is 1. The van der Waals surface area contributed by atoms with E-state index in [1.807, 2.05) is 12.3 Å². The van der Waals surface area contributed by atoms with E-state index in [4.69, 9.17) is 4.74 Å². The molecule has 1 fully saturated rings. The fourth-order valence-corrected chi connectivity index (χ4v) is 2.84. The number of hydrogen-bond acceptors (Lipinski definition) is 4. The lowest BCUT2D eigenvalue weighted by molar-refractivity contribution is -0.0460. The normalized spacial score (nSPS) is 21.8. The van der Waals surface area contributed by atoms with Crippen molar-refractivity contribution in [2.24, 2.45) is 0 Å². The van der Waals surface area contributed by atoms with Gasteiger partial charge >= 0.3 is 0 Å². The van der Waals surface area contributed by atoms with Crippen LogP contribution >= 0.6 is 0 Å². The first-order valence-electron chi connectivity index (χ1n) is 7.80. The molecule has 1 saturated heterocycles. The standard InChI is InChI=1S/C16H27N3O/c1-3-9-19-10-11-20-16(13-19)15(17-4-2)12-14-7-5-6-8-18-14/h5-8,15-17H,3-4,9-13H2,1-2H3. The Balaban J connectivity index is 1.96. The van der Waals surface area contributed by atoms with Crippen LogP contribution in [0.3, 0.4) is 0 Å². The molecule has 0 amide bonds. The van der Waals surface area contributed by atoms with Crippen LogP contribution in [-0.4, -0.2) is 54.8 Å². The second-order valence-electron chi connectivity index (χ2n) is 5.40. The Kier molecular flexibility index (Phi) is 6.43. The Bertz CT molecular complexity index is 369. The molecule has 0 spiro atoms. The summed E-state index contributed by atoms with van der Waals surface area (Å²) in [6.45, 7) is 9.45. The summed E-state index contributed by atoms with van der Waals surface area (Å²) in [6.07, 6.45) is 4.26. The number of aromatic nitrogens is 1. The topological polar surface area (TPSA) is 37.4 Å². The van der Waals surface area contributed by atoms with Gasteiger partial charge in [0.15, 0.2) is 0 Å². The van der Waals surface area contributed by atoms with Gasteiger partial charge in [0.1, 0.15) is 0 Å². The first-order valence-corrected chi connectivity index (χ1v) is 7.80. The SMILES string of the molecule is CCCN1CCOC(C(Cc2ccccn2)NCC)C1. The monoisotopic (exact) mass is 277 g/mol. The van der Waals surface area contributed by atoms with E-state index >= 15 is 0 Å². The van der Waals surface area contributed by atoms with Crippen molar-refractivity contribution in [3.8, 4) is 0 Å². The second-order valence-corrected chi connectivity index (χ2v) is 5.40. The molecule has 1 aromatic rings. The van der Waals surface area contributed by atoms with Gasteiger partial charge in [0.25, 0.3) is 0 Å². The van der Waals surface area contributed by atoms with Gasteiger partial charge in [-0.1, -0.05) is 19.9 Å². The van der Waals surface area contributed by atoms with Gasteiger partial charge in [-0.15, -0.1) is 0 Å². The lowest BCUT2D eigenvalue weighted by Gasteiger charge is -2.37. The average molecular weight is 277 g/mol. The molecule has 1 aliphatic rings. The molecule has 0 aromatic carbocycles. The van der Waals surface area contributed by atoms with E-state index in [2.05, 4.69) is 41.2 Å². The van der Waals surface area contributed by atoms with Crippen LogP contribution in [-0.2, 0) is 11.2 Å². The summed E-state index contributed by atoms with van der Waals surface area (Å²) < 4.78 is 6.01. The Hall–Kier alpha value is -0.970. The van der Waals surface area contributed by atoms with Crippen molar-refractivity contribution in [3.05, 3.63) is 30.1 Å². The fourth-order valence-electron chi connectivity index (χ4n) is 2.84. The van der Waals surface area contributed by atoms with Crippen molar-refractivity contribution >= 4 is 0 Å². The molecule has 1 aliphatic heterocycles. The van der Waals surface area contributed by atoms with E-state index in [9.17, 15) is 0 Å². The molecule has 1 N–H and O–H groups in total. The van der Waals surface area contributed by atoms with Crippen LogP contribution in [0.4, 0.5) is 0 Å². The molecule has 0 saturated carbocycles. The molecule has 2 heterocycles. The Labute approximate surface area is 122 Å². The molecule has 4 nitrogen and oxygen atoms in total. The minimum absolute atomic E-state index is 0.261. The van der Waals surface area contributed by atoms with E-state index in [0.29, 0.717) is 6.04 Å². The molecule has 1 aromatic heterocycles. The summed E-state index contributed by atoms with van der Waals surface area (Å²) in [5, 5.41) is 3.57. The predicted octanol–water partition coefficient (Wildman–Crippen LogP) is 1.71. The summed E-state index contributed by atoms with van der Waals surface area (Å²) in [4.78, 5) is 6.95. The highest BCUT2D eigenvalue weighted by atomic mass is 16.5. The second kappa shape index (κ2) is 8.35. The molecule has 0 aliphatic carbocycles. The average Bonchev–Trinajstić information content (AvgIpc) is 2.49. The zero-order valence-electron chi connectivity index (χ0n) is 12.7.